The van der Waals surface area contributed by atoms with Crippen LogP contribution in [0.25, 0.3) is 6.08 Å². The summed E-state index contributed by atoms with van der Waals surface area (Å²) in [5, 5.41) is 0. The number of allylic oxidation sites excluding steroid dienone is 1. The van der Waals surface area contributed by atoms with Crippen LogP contribution in [0.1, 0.15) is 31.8 Å². The van der Waals surface area contributed by atoms with Crippen LogP contribution in [0, 0.1) is 6.92 Å². The number of ether oxygens (including phenoxy) is 3. The zero-order valence-electron chi connectivity index (χ0n) is 17.9. The molecule has 0 unspecified atom stereocenters. The maximum Gasteiger partial charge on any atom is 0.349 e. The molecule has 0 saturated heterocycles. The van der Waals surface area contributed by atoms with Crippen molar-refractivity contribution in [3.8, 4) is 17.2 Å². The molecular formula is C26H19BrO6. The quantitative estimate of drug-likeness (QED) is 0.197. The number of aryl methyl sites for hydroxylation is 1. The first kappa shape index (κ1) is 22.5. The molecule has 4 rings (SSSR count). The third-order valence-corrected chi connectivity index (χ3v) is 6.00. The maximum absolute atomic E-state index is 12.6. The van der Waals surface area contributed by atoms with Gasteiger partial charge < -0.3 is 14.2 Å². The van der Waals surface area contributed by atoms with Gasteiger partial charge in [0.1, 0.15) is 5.75 Å². The SMILES string of the molecule is COc1cc(C=C2C(=O)c3ccccc3C2=O)ccc1OC(=O)COc1ccc(Br)c(C)c1. The lowest BCUT2D eigenvalue weighted by molar-refractivity contribution is -0.136. The molecule has 0 aliphatic heterocycles. The maximum atomic E-state index is 12.6. The summed E-state index contributed by atoms with van der Waals surface area (Å²) in [5.41, 5.74) is 2.42. The van der Waals surface area contributed by atoms with Gasteiger partial charge in [-0.3, -0.25) is 9.59 Å². The summed E-state index contributed by atoms with van der Waals surface area (Å²) in [6, 6.07) is 16.9. The number of carbonyl (C=O) groups is 3. The summed E-state index contributed by atoms with van der Waals surface area (Å²) in [5.74, 6) is -0.193. The van der Waals surface area contributed by atoms with Gasteiger partial charge in [0.05, 0.1) is 12.7 Å². The molecular weight excluding hydrogens is 488 g/mol. The van der Waals surface area contributed by atoms with Crippen molar-refractivity contribution in [1.82, 2.24) is 0 Å². The number of esters is 1. The van der Waals surface area contributed by atoms with Gasteiger partial charge in [0.25, 0.3) is 0 Å². The molecule has 0 bridgehead atoms. The van der Waals surface area contributed by atoms with Crippen LogP contribution < -0.4 is 14.2 Å². The molecule has 0 spiro atoms. The lowest BCUT2D eigenvalue weighted by Gasteiger charge is -2.11. The standard InChI is InChI=1S/C26H19BrO6/c1-15-11-17(8-9-21(15)27)32-14-24(28)33-22-10-7-16(13-23(22)31-2)12-20-25(29)18-5-3-4-6-19(18)26(20)30/h3-13H,14H2,1-2H3. The Hall–Kier alpha value is -3.71. The predicted octanol–water partition coefficient (Wildman–Crippen LogP) is 5.21. The highest BCUT2D eigenvalue weighted by Gasteiger charge is 2.32. The number of Topliss-reactive ketones (excluding diaryl/α,β-unsaturated/α-hetero) is 2. The van der Waals surface area contributed by atoms with E-state index >= 15 is 0 Å². The van der Waals surface area contributed by atoms with Crippen LogP contribution in [0.4, 0.5) is 0 Å². The van der Waals surface area contributed by atoms with Gasteiger partial charge in [-0.1, -0.05) is 46.3 Å². The lowest BCUT2D eigenvalue weighted by atomic mass is 10.1. The molecule has 0 heterocycles. The lowest BCUT2D eigenvalue weighted by Crippen LogP contribution is -2.18. The van der Waals surface area contributed by atoms with E-state index in [-0.39, 0.29) is 35.2 Å². The molecule has 1 aliphatic rings. The molecule has 3 aromatic rings. The van der Waals surface area contributed by atoms with Crippen molar-refractivity contribution in [3.05, 3.63) is 93.0 Å². The largest absolute Gasteiger partial charge is 0.493 e. The molecule has 0 N–H and O–H groups in total. The highest BCUT2D eigenvalue weighted by atomic mass is 79.9. The first-order chi connectivity index (χ1) is 15.9. The van der Waals surface area contributed by atoms with Gasteiger partial charge in [-0.25, -0.2) is 4.79 Å². The number of hydrogen-bond donors (Lipinski definition) is 0. The van der Waals surface area contributed by atoms with Gasteiger partial charge >= 0.3 is 5.97 Å². The Labute approximate surface area is 198 Å². The molecule has 1 aliphatic carbocycles. The Morgan fingerprint density at radius 1 is 0.939 bits per heavy atom. The number of benzene rings is 3. The summed E-state index contributed by atoms with van der Waals surface area (Å²) in [6.07, 6.45) is 1.51. The third kappa shape index (κ3) is 4.73. The Morgan fingerprint density at radius 2 is 1.64 bits per heavy atom. The first-order valence-corrected chi connectivity index (χ1v) is 10.8. The fourth-order valence-corrected chi connectivity index (χ4v) is 3.68. The van der Waals surface area contributed by atoms with Gasteiger partial charge in [-0.05, 0) is 54.5 Å². The van der Waals surface area contributed by atoms with Crippen molar-refractivity contribution in [1.29, 1.82) is 0 Å². The van der Waals surface area contributed by atoms with Gasteiger partial charge in [-0.15, -0.1) is 0 Å². The Kier molecular flexibility index (Phi) is 6.42. The summed E-state index contributed by atoms with van der Waals surface area (Å²) in [7, 11) is 1.44. The molecule has 166 valence electrons. The van der Waals surface area contributed by atoms with Crippen LogP contribution in [-0.2, 0) is 4.79 Å². The van der Waals surface area contributed by atoms with Crippen molar-refractivity contribution < 1.29 is 28.6 Å². The molecule has 0 fully saturated rings. The van der Waals surface area contributed by atoms with Gasteiger partial charge in [0, 0.05) is 15.6 Å². The molecule has 33 heavy (non-hydrogen) atoms. The highest BCUT2D eigenvalue weighted by Crippen LogP contribution is 2.32. The molecule has 0 aromatic heterocycles. The molecule has 0 radical (unpaired) electrons. The average molecular weight is 507 g/mol. The molecule has 0 atom stereocenters. The van der Waals surface area contributed by atoms with Gasteiger partial charge in [-0.2, -0.15) is 0 Å². The number of carbonyl (C=O) groups excluding carboxylic acids is 3. The average Bonchev–Trinajstić information content (AvgIpc) is 3.05. The number of fused-ring (bicyclic) bond motifs is 1. The zero-order valence-corrected chi connectivity index (χ0v) is 19.5. The van der Waals surface area contributed by atoms with E-state index in [2.05, 4.69) is 15.9 Å². The number of hydrogen-bond acceptors (Lipinski definition) is 6. The van der Waals surface area contributed by atoms with Crippen LogP contribution in [-0.4, -0.2) is 31.3 Å². The molecule has 7 heteroatoms. The van der Waals surface area contributed by atoms with Crippen LogP contribution in [0.15, 0.2) is 70.7 Å². The Balaban J connectivity index is 1.47. The van der Waals surface area contributed by atoms with Crippen molar-refractivity contribution in [2.24, 2.45) is 0 Å². The van der Waals surface area contributed by atoms with Crippen LogP contribution in [0.5, 0.6) is 17.2 Å². The number of rotatable bonds is 6. The van der Waals surface area contributed by atoms with E-state index < -0.39 is 5.97 Å². The molecule has 0 amide bonds. The fraction of sp³-hybridized carbons (Fsp3) is 0.115. The Morgan fingerprint density at radius 3 is 2.27 bits per heavy atom. The number of ketones is 2. The zero-order chi connectivity index (χ0) is 23.5. The predicted molar refractivity (Wildman–Crippen MR) is 126 cm³/mol. The Bertz CT molecular complexity index is 1270. The van der Waals surface area contributed by atoms with Crippen LogP contribution >= 0.6 is 15.9 Å². The van der Waals surface area contributed by atoms with E-state index in [4.69, 9.17) is 14.2 Å². The monoisotopic (exact) mass is 506 g/mol. The van der Waals surface area contributed by atoms with Crippen LogP contribution in [0.2, 0.25) is 0 Å². The number of methoxy groups -OCH3 is 1. The van der Waals surface area contributed by atoms with Gasteiger partial charge in [0.15, 0.2) is 29.7 Å². The van der Waals surface area contributed by atoms with E-state index in [0.717, 1.165) is 10.0 Å². The number of halogens is 1. The molecule has 0 saturated carbocycles. The second-order valence-corrected chi connectivity index (χ2v) is 8.20. The highest BCUT2D eigenvalue weighted by molar-refractivity contribution is 9.10. The second kappa shape index (κ2) is 9.42. The van der Waals surface area contributed by atoms with E-state index in [1.54, 1.807) is 48.5 Å². The minimum Gasteiger partial charge on any atom is -0.493 e. The van der Waals surface area contributed by atoms with Crippen LogP contribution in [0.3, 0.4) is 0 Å². The minimum absolute atomic E-state index is 0.0844. The topological polar surface area (TPSA) is 78.9 Å². The smallest absolute Gasteiger partial charge is 0.349 e. The van der Waals surface area contributed by atoms with Gasteiger partial charge in [0.2, 0.25) is 0 Å². The normalized spacial score (nSPS) is 12.4. The molecule has 3 aromatic carbocycles. The minimum atomic E-state index is -0.600. The van der Waals surface area contributed by atoms with Crippen molar-refractivity contribution in [2.45, 2.75) is 6.92 Å². The van der Waals surface area contributed by atoms with E-state index in [1.807, 2.05) is 19.1 Å². The molecule has 6 nitrogen and oxygen atoms in total. The second-order valence-electron chi connectivity index (χ2n) is 7.35. The third-order valence-electron chi connectivity index (χ3n) is 5.11. The summed E-state index contributed by atoms with van der Waals surface area (Å²) in [4.78, 5) is 37.5. The first-order valence-electron chi connectivity index (χ1n) is 10.0. The summed E-state index contributed by atoms with van der Waals surface area (Å²) in [6.45, 7) is 1.64. The fourth-order valence-electron chi connectivity index (χ4n) is 3.43. The summed E-state index contributed by atoms with van der Waals surface area (Å²) < 4.78 is 17.2. The van der Waals surface area contributed by atoms with E-state index in [9.17, 15) is 14.4 Å². The van der Waals surface area contributed by atoms with Crippen molar-refractivity contribution in [2.75, 3.05) is 13.7 Å². The van der Waals surface area contributed by atoms with E-state index in [0.29, 0.717) is 22.4 Å². The van der Waals surface area contributed by atoms with E-state index in [1.165, 1.54) is 13.2 Å². The van der Waals surface area contributed by atoms with Crippen molar-refractivity contribution >= 4 is 39.5 Å². The summed E-state index contributed by atoms with van der Waals surface area (Å²) >= 11 is 3.41. The van der Waals surface area contributed by atoms with Crippen molar-refractivity contribution in [3.63, 3.8) is 0 Å².